The number of piperidine rings is 1. The Morgan fingerprint density at radius 1 is 1.33 bits per heavy atom. The minimum Gasteiger partial charge on any atom is -0.343 e. The molecular weight excluding hydrogens is 282 g/mol. The molecule has 3 rings (SSSR count). The van der Waals surface area contributed by atoms with Gasteiger partial charge >= 0.3 is 0 Å². The summed E-state index contributed by atoms with van der Waals surface area (Å²) in [4.78, 5) is 22.7. The molecule has 0 N–H and O–H groups in total. The van der Waals surface area contributed by atoms with E-state index in [1.54, 1.807) is 18.3 Å². The Morgan fingerprint density at radius 3 is 2.71 bits per heavy atom. The number of aryl methyl sites for hydroxylation is 1. The maximum atomic E-state index is 11.4. The van der Waals surface area contributed by atoms with Crippen LogP contribution in [0.2, 0.25) is 0 Å². The molecule has 4 nitrogen and oxygen atoms in total. The Balaban J connectivity index is 1.82. The molecule has 0 atom stereocenters. The Kier molecular flexibility index (Phi) is 4.01. The molecule has 2 aromatic heterocycles. The first-order valence-corrected chi connectivity index (χ1v) is 8.21. The largest absolute Gasteiger partial charge is 0.343 e. The molecule has 1 saturated heterocycles. The van der Waals surface area contributed by atoms with Gasteiger partial charge in [-0.15, -0.1) is 0 Å². The Labute approximate surface area is 128 Å². The number of carbonyl (C=O) groups is 1. The van der Waals surface area contributed by atoms with Crippen molar-refractivity contribution in [2.75, 3.05) is 13.1 Å². The fraction of sp³-hybridized carbons (Fsp3) is 0.438. The highest BCUT2D eigenvalue weighted by molar-refractivity contribution is 7.08. The lowest BCUT2D eigenvalue weighted by Crippen LogP contribution is -2.36. The summed E-state index contributed by atoms with van der Waals surface area (Å²) in [6, 6.07) is 4.13. The van der Waals surface area contributed by atoms with Crippen molar-refractivity contribution in [3.8, 4) is 11.3 Å². The normalized spacial score (nSPS) is 16.2. The number of hydrogen-bond acceptors (Lipinski definition) is 4. The molecule has 110 valence electrons. The average Bonchev–Trinajstić information content (AvgIpc) is 3.01. The van der Waals surface area contributed by atoms with E-state index in [0.29, 0.717) is 5.92 Å². The van der Waals surface area contributed by atoms with Crippen LogP contribution in [-0.2, 0) is 4.79 Å². The second kappa shape index (κ2) is 5.93. The molecule has 0 bridgehead atoms. The summed E-state index contributed by atoms with van der Waals surface area (Å²) in [5.74, 6) is 1.45. The van der Waals surface area contributed by atoms with E-state index in [2.05, 4.69) is 21.8 Å². The highest BCUT2D eigenvalue weighted by atomic mass is 32.1. The van der Waals surface area contributed by atoms with E-state index in [1.807, 2.05) is 17.9 Å². The summed E-state index contributed by atoms with van der Waals surface area (Å²) in [6.45, 7) is 5.28. The van der Waals surface area contributed by atoms with Gasteiger partial charge in [0.15, 0.2) is 0 Å². The van der Waals surface area contributed by atoms with E-state index in [1.165, 1.54) is 0 Å². The Hall–Kier alpha value is -1.75. The molecule has 1 aliphatic heterocycles. The van der Waals surface area contributed by atoms with Crippen LogP contribution in [0.4, 0.5) is 0 Å². The lowest BCUT2D eigenvalue weighted by Gasteiger charge is -2.30. The van der Waals surface area contributed by atoms with Crippen LogP contribution in [0.15, 0.2) is 22.9 Å². The fourth-order valence-electron chi connectivity index (χ4n) is 2.78. The van der Waals surface area contributed by atoms with Gasteiger partial charge in [0.25, 0.3) is 0 Å². The van der Waals surface area contributed by atoms with Crippen LogP contribution < -0.4 is 0 Å². The monoisotopic (exact) mass is 301 g/mol. The standard InChI is InChI=1S/C16H19N3OS/c1-11-9-15(14-5-8-21-10-14)18-16(17-11)13-3-6-19(7-4-13)12(2)20/h5,8-10,13H,3-4,6-7H2,1-2H3. The van der Waals surface area contributed by atoms with E-state index >= 15 is 0 Å². The molecule has 2 aromatic rings. The second-order valence-electron chi connectivity index (χ2n) is 5.55. The summed E-state index contributed by atoms with van der Waals surface area (Å²) in [5.41, 5.74) is 3.18. The van der Waals surface area contributed by atoms with Crippen molar-refractivity contribution >= 4 is 17.2 Å². The summed E-state index contributed by atoms with van der Waals surface area (Å²) in [7, 11) is 0. The summed E-state index contributed by atoms with van der Waals surface area (Å²) in [6.07, 6.45) is 1.90. The van der Waals surface area contributed by atoms with Crippen LogP contribution in [-0.4, -0.2) is 33.9 Å². The predicted octanol–water partition coefficient (Wildman–Crippen LogP) is 3.24. The van der Waals surface area contributed by atoms with Crippen LogP contribution in [0.1, 0.15) is 37.2 Å². The van der Waals surface area contributed by atoms with Gasteiger partial charge in [0.1, 0.15) is 5.82 Å². The van der Waals surface area contributed by atoms with Crippen molar-refractivity contribution < 1.29 is 4.79 Å². The quantitative estimate of drug-likeness (QED) is 0.855. The van der Waals surface area contributed by atoms with Crippen molar-refractivity contribution in [1.82, 2.24) is 14.9 Å². The van der Waals surface area contributed by atoms with E-state index < -0.39 is 0 Å². The van der Waals surface area contributed by atoms with Gasteiger partial charge in [-0.3, -0.25) is 4.79 Å². The summed E-state index contributed by atoms with van der Waals surface area (Å²) < 4.78 is 0. The highest BCUT2D eigenvalue weighted by Crippen LogP contribution is 2.28. The third-order valence-corrected chi connectivity index (χ3v) is 4.68. The highest BCUT2D eigenvalue weighted by Gasteiger charge is 2.24. The zero-order valence-corrected chi connectivity index (χ0v) is 13.2. The number of likely N-dealkylation sites (tertiary alicyclic amines) is 1. The van der Waals surface area contributed by atoms with Crippen LogP contribution in [0.5, 0.6) is 0 Å². The van der Waals surface area contributed by atoms with Gasteiger partial charge in [0.2, 0.25) is 5.91 Å². The Bertz CT molecular complexity index is 631. The number of thiophene rings is 1. The molecule has 0 aliphatic carbocycles. The molecule has 0 unspecified atom stereocenters. The third-order valence-electron chi connectivity index (χ3n) is 3.99. The van der Waals surface area contributed by atoms with E-state index in [0.717, 1.165) is 48.7 Å². The van der Waals surface area contributed by atoms with E-state index in [-0.39, 0.29) is 5.91 Å². The number of amides is 1. The minimum atomic E-state index is 0.164. The Morgan fingerprint density at radius 2 is 2.10 bits per heavy atom. The first kappa shape index (κ1) is 14.2. The van der Waals surface area contributed by atoms with Crippen molar-refractivity contribution in [2.24, 2.45) is 0 Å². The van der Waals surface area contributed by atoms with Crippen molar-refractivity contribution in [3.63, 3.8) is 0 Å². The molecule has 0 radical (unpaired) electrons. The van der Waals surface area contributed by atoms with Crippen LogP contribution in [0.25, 0.3) is 11.3 Å². The van der Waals surface area contributed by atoms with Crippen LogP contribution >= 0.6 is 11.3 Å². The topological polar surface area (TPSA) is 46.1 Å². The number of hydrogen-bond donors (Lipinski definition) is 0. The number of aromatic nitrogens is 2. The average molecular weight is 301 g/mol. The maximum absolute atomic E-state index is 11.4. The van der Waals surface area contributed by atoms with E-state index in [9.17, 15) is 4.79 Å². The van der Waals surface area contributed by atoms with Gasteiger partial charge < -0.3 is 4.90 Å². The van der Waals surface area contributed by atoms with Gasteiger partial charge in [0.05, 0.1) is 5.69 Å². The van der Waals surface area contributed by atoms with Gasteiger partial charge in [-0.25, -0.2) is 9.97 Å². The van der Waals surface area contributed by atoms with Gasteiger partial charge in [-0.2, -0.15) is 11.3 Å². The molecule has 1 amide bonds. The molecular formula is C16H19N3OS. The zero-order chi connectivity index (χ0) is 14.8. The van der Waals surface area contributed by atoms with Gasteiger partial charge in [-0.05, 0) is 37.3 Å². The van der Waals surface area contributed by atoms with Crippen molar-refractivity contribution in [1.29, 1.82) is 0 Å². The van der Waals surface area contributed by atoms with E-state index in [4.69, 9.17) is 4.98 Å². The lowest BCUT2D eigenvalue weighted by molar-refractivity contribution is -0.129. The fourth-order valence-corrected chi connectivity index (χ4v) is 3.43. The summed E-state index contributed by atoms with van der Waals surface area (Å²) >= 11 is 1.68. The SMILES string of the molecule is CC(=O)N1CCC(c2nc(C)cc(-c3ccsc3)n2)CC1. The third kappa shape index (κ3) is 3.13. The predicted molar refractivity (Wildman–Crippen MR) is 84.3 cm³/mol. The van der Waals surface area contributed by atoms with Crippen molar-refractivity contribution in [3.05, 3.63) is 34.4 Å². The number of rotatable bonds is 2. The maximum Gasteiger partial charge on any atom is 0.219 e. The molecule has 0 spiro atoms. The van der Waals surface area contributed by atoms with Crippen molar-refractivity contribution in [2.45, 2.75) is 32.6 Å². The second-order valence-corrected chi connectivity index (χ2v) is 6.33. The molecule has 21 heavy (non-hydrogen) atoms. The molecule has 1 fully saturated rings. The molecule has 3 heterocycles. The van der Waals surface area contributed by atoms with Gasteiger partial charge in [-0.1, -0.05) is 0 Å². The molecule has 0 saturated carbocycles. The zero-order valence-electron chi connectivity index (χ0n) is 12.4. The first-order chi connectivity index (χ1) is 10.1. The molecule has 1 aliphatic rings. The van der Waals surface area contributed by atoms with Crippen LogP contribution in [0.3, 0.4) is 0 Å². The minimum absolute atomic E-state index is 0.164. The lowest BCUT2D eigenvalue weighted by atomic mass is 9.95. The number of nitrogens with zero attached hydrogens (tertiary/aromatic N) is 3. The van der Waals surface area contributed by atoms with Gasteiger partial charge in [0, 0.05) is 42.6 Å². The molecule has 0 aromatic carbocycles. The smallest absolute Gasteiger partial charge is 0.219 e. The van der Waals surface area contributed by atoms with Crippen LogP contribution in [0, 0.1) is 6.92 Å². The number of carbonyl (C=O) groups excluding carboxylic acids is 1. The summed E-state index contributed by atoms with van der Waals surface area (Å²) in [5, 5.41) is 4.18. The molecule has 5 heteroatoms. The first-order valence-electron chi connectivity index (χ1n) is 7.27.